The minimum atomic E-state index is -1.00. The molecule has 1 aromatic rings. The smallest absolute Gasteiger partial charge is 0.365 e. The van der Waals surface area contributed by atoms with Gasteiger partial charge in [0.15, 0.2) is 5.78 Å². The van der Waals surface area contributed by atoms with Crippen LogP contribution in [-0.2, 0) is 24.1 Å². The molecular weight excluding hydrogens is 400 g/mol. The maximum atomic E-state index is 12.2. The summed E-state index contributed by atoms with van der Waals surface area (Å²) in [5, 5.41) is 10.6. The fourth-order valence-electron chi connectivity index (χ4n) is 3.60. The molecule has 1 saturated heterocycles. The Labute approximate surface area is 182 Å². The lowest BCUT2D eigenvalue weighted by Gasteiger charge is -2.31. The number of Topliss-reactive ketones (excluding diaryl/α,β-unsaturated/α-hetero) is 1. The lowest BCUT2D eigenvalue weighted by molar-refractivity contribution is -0.302. The van der Waals surface area contributed by atoms with Crippen LogP contribution in [-0.4, -0.2) is 48.4 Å². The summed E-state index contributed by atoms with van der Waals surface area (Å²) < 4.78 is 11.4. The summed E-state index contributed by atoms with van der Waals surface area (Å²) in [6.45, 7) is 6.56. The molecule has 1 heterocycles. The van der Waals surface area contributed by atoms with Crippen molar-refractivity contribution >= 4 is 17.8 Å². The van der Waals surface area contributed by atoms with Crippen molar-refractivity contribution in [2.45, 2.75) is 58.3 Å². The van der Waals surface area contributed by atoms with E-state index in [9.17, 15) is 14.7 Å². The molecule has 1 aliphatic carbocycles. The summed E-state index contributed by atoms with van der Waals surface area (Å²) in [4.78, 5) is 34.4. The number of hydrogen-bond acceptors (Lipinski definition) is 7. The summed E-state index contributed by atoms with van der Waals surface area (Å²) in [6, 6.07) is 7.42. The summed E-state index contributed by atoms with van der Waals surface area (Å²) in [5.41, 5.74) is 0.502. The largest absolute Gasteiger partial charge is 0.490 e. The summed E-state index contributed by atoms with van der Waals surface area (Å²) in [7, 11) is 0. The highest BCUT2D eigenvalue weighted by Crippen LogP contribution is 2.33. The molecule has 0 aromatic heterocycles. The monoisotopic (exact) mass is 430 g/mol. The minimum absolute atomic E-state index is 0.0671. The maximum Gasteiger partial charge on any atom is 0.365 e. The van der Waals surface area contributed by atoms with Crippen molar-refractivity contribution in [2.24, 2.45) is 5.41 Å². The van der Waals surface area contributed by atoms with Crippen LogP contribution in [0.15, 0.2) is 42.0 Å². The molecule has 2 unspecified atom stereocenters. The van der Waals surface area contributed by atoms with E-state index in [1.165, 1.54) is 12.2 Å². The Bertz CT molecular complexity index is 849. The molecule has 0 spiro atoms. The van der Waals surface area contributed by atoms with Gasteiger partial charge in [0, 0.05) is 36.3 Å². The predicted octanol–water partition coefficient (Wildman–Crippen LogP) is 3.41. The normalized spacial score (nSPS) is 24.5. The minimum Gasteiger partial charge on any atom is -0.490 e. The summed E-state index contributed by atoms with van der Waals surface area (Å²) >= 11 is 0. The molecule has 168 valence electrons. The molecule has 1 fully saturated rings. The predicted molar refractivity (Wildman–Crippen MR) is 114 cm³/mol. The van der Waals surface area contributed by atoms with Crippen LogP contribution in [0.25, 0.3) is 6.08 Å². The van der Waals surface area contributed by atoms with Gasteiger partial charge in [-0.1, -0.05) is 32.0 Å². The van der Waals surface area contributed by atoms with Gasteiger partial charge in [0.1, 0.15) is 18.0 Å². The first-order valence-corrected chi connectivity index (χ1v) is 10.5. The SMILES string of the molecule is CC1=CC(OOC(=O)C=Cc2ccccc2OC2CCOCC2)C(O)C(C)(C)CC1=O. The highest BCUT2D eigenvalue weighted by atomic mass is 17.2. The third-order valence-corrected chi connectivity index (χ3v) is 5.60. The lowest BCUT2D eigenvalue weighted by Crippen LogP contribution is -2.40. The number of benzene rings is 1. The molecule has 7 heteroatoms. The van der Waals surface area contributed by atoms with E-state index < -0.39 is 23.6 Å². The highest BCUT2D eigenvalue weighted by Gasteiger charge is 2.40. The quantitative estimate of drug-likeness (QED) is 0.420. The average molecular weight is 430 g/mol. The molecular formula is C24H30O7. The number of hydrogen-bond donors (Lipinski definition) is 1. The van der Waals surface area contributed by atoms with Crippen molar-refractivity contribution in [3.63, 3.8) is 0 Å². The van der Waals surface area contributed by atoms with Gasteiger partial charge < -0.3 is 14.6 Å². The molecule has 0 amide bonds. The number of allylic oxidation sites excluding steroid dienone is 1. The third-order valence-electron chi connectivity index (χ3n) is 5.60. The van der Waals surface area contributed by atoms with Crippen LogP contribution in [0.4, 0.5) is 0 Å². The van der Waals surface area contributed by atoms with Gasteiger partial charge in [0.25, 0.3) is 0 Å². The molecule has 2 atom stereocenters. The van der Waals surface area contributed by atoms with Crippen molar-refractivity contribution in [3.05, 3.63) is 47.6 Å². The van der Waals surface area contributed by atoms with Crippen molar-refractivity contribution < 1.29 is 33.9 Å². The van der Waals surface area contributed by atoms with Crippen molar-refractivity contribution in [3.8, 4) is 5.75 Å². The summed E-state index contributed by atoms with van der Waals surface area (Å²) in [6.07, 6.45) is 4.32. The van der Waals surface area contributed by atoms with Crippen molar-refractivity contribution in [1.82, 2.24) is 0 Å². The first-order chi connectivity index (χ1) is 14.8. The molecule has 2 aliphatic rings. The van der Waals surface area contributed by atoms with Crippen molar-refractivity contribution in [2.75, 3.05) is 13.2 Å². The van der Waals surface area contributed by atoms with Gasteiger partial charge in [-0.3, -0.25) is 9.68 Å². The van der Waals surface area contributed by atoms with E-state index in [0.717, 1.165) is 18.4 Å². The van der Waals surface area contributed by atoms with Gasteiger partial charge in [-0.15, -0.1) is 0 Å². The number of aliphatic hydroxyl groups is 1. The van der Waals surface area contributed by atoms with Gasteiger partial charge in [-0.2, -0.15) is 4.89 Å². The average Bonchev–Trinajstić information content (AvgIpc) is 2.82. The Hall–Kier alpha value is -2.48. The molecule has 31 heavy (non-hydrogen) atoms. The first-order valence-electron chi connectivity index (χ1n) is 10.5. The van der Waals surface area contributed by atoms with Crippen LogP contribution in [0.1, 0.15) is 45.6 Å². The van der Waals surface area contributed by atoms with Gasteiger partial charge in [-0.25, -0.2) is 4.79 Å². The molecule has 7 nitrogen and oxygen atoms in total. The number of ketones is 1. The standard InChI is InChI=1S/C24H30O7/c1-16-14-21(23(27)24(2,3)15-19(16)25)30-31-22(26)9-8-17-6-4-5-7-20(17)29-18-10-12-28-13-11-18/h4-9,14,18,21,23,27H,10-13,15H2,1-3H3. The van der Waals surface area contributed by atoms with E-state index in [2.05, 4.69) is 0 Å². The fourth-order valence-corrected chi connectivity index (χ4v) is 3.60. The van der Waals surface area contributed by atoms with Crippen LogP contribution in [0, 0.1) is 5.41 Å². The topological polar surface area (TPSA) is 91.3 Å². The fraction of sp³-hybridized carbons (Fsp3) is 0.500. The molecule has 3 rings (SSSR count). The van der Waals surface area contributed by atoms with E-state index in [0.29, 0.717) is 24.5 Å². The van der Waals surface area contributed by atoms with Gasteiger partial charge in [0.2, 0.25) is 0 Å². The zero-order valence-electron chi connectivity index (χ0n) is 18.2. The number of rotatable bonds is 6. The zero-order valence-corrected chi connectivity index (χ0v) is 18.2. The maximum absolute atomic E-state index is 12.2. The Morgan fingerprint density at radius 3 is 2.68 bits per heavy atom. The molecule has 1 aliphatic heterocycles. The van der Waals surface area contributed by atoms with E-state index in [1.807, 2.05) is 24.3 Å². The van der Waals surface area contributed by atoms with Crippen LogP contribution in [0.2, 0.25) is 0 Å². The molecule has 1 N–H and O–H groups in total. The van der Waals surface area contributed by atoms with E-state index >= 15 is 0 Å². The second-order valence-electron chi connectivity index (χ2n) is 8.65. The molecule has 0 bridgehead atoms. The zero-order chi connectivity index (χ0) is 22.4. The number of carbonyl (C=O) groups is 2. The molecule has 0 radical (unpaired) electrons. The number of para-hydroxylation sites is 1. The Morgan fingerprint density at radius 1 is 1.23 bits per heavy atom. The molecule has 1 aromatic carbocycles. The first kappa shape index (κ1) is 23.2. The highest BCUT2D eigenvalue weighted by molar-refractivity contribution is 5.95. The second-order valence-corrected chi connectivity index (χ2v) is 8.65. The van der Waals surface area contributed by atoms with Gasteiger partial charge in [-0.05, 0) is 30.7 Å². The Balaban J connectivity index is 1.61. The van der Waals surface area contributed by atoms with E-state index in [-0.39, 0.29) is 18.3 Å². The lowest BCUT2D eigenvalue weighted by atomic mass is 9.80. The van der Waals surface area contributed by atoms with Crippen LogP contribution < -0.4 is 4.74 Å². The third kappa shape index (κ3) is 6.26. The second kappa shape index (κ2) is 10.2. The molecule has 0 saturated carbocycles. The van der Waals surface area contributed by atoms with E-state index in [4.69, 9.17) is 19.2 Å². The van der Waals surface area contributed by atoms with Crippen molar-refractivity contribution in [1.29, 1.82) is 0 Å². The number of carbonyl (C=O) groups excluding carboxylic acids is 2. The van der Waals surface area contributed by atoms with Gasteiger partial charge in [0.05, 0.1) is 19.3 Å². The van der Waals surface area contributed by atoms with Crippen LogP contribution in [0.5, 0.6) is 5.75 Å². The van der Waals surface area contributed by atoms with E-state index in [1.54, 1.807) is 26.8 Å². The van der Waals surface area contributed by atoms with Gasteiger partial charge >= 0.3 is 5.97 Å². The summed E-state index contributed by atoms with van der Waals surface area (Å²) in [5.74, 6) is -0.118. The Morgan fingerprint density at radius 2 is 1.94 bits per heavy atom. The number of aliphatic hydroxyl groups excluding tert-OH is 1. The van der Waals surface area contributed by atoms with Crippen LogP contribution >= 0.6 is 0 Å². The Kier molecular flexibility index (Phi) is 7.64. The number of ether oxygens (including phenoxy) is 2. The van der Waals surface area contributed by atoms with Crippen LogP contribution in [0.3, 0.4) is 0 Å².